The van der Waals surface area contributed by atoms with E-state index in [0.29, 0.717) is 25.5 Å². The summed E-state index contributed by atoms with van der Waals surface area (Å²) in [4.78, 5) is 18.1. The maximum absolute atomic E-state index is 13.2. The molecule has 1 aromatic heterocycles. The molecule has 1 atom stereocenters. The summed E-state index contributed by atoms with van der Waals surface area (Å²) in [6.45, 7) is 3.12. The molecule has 0 aliphatic carbocycles. The third kappa shape index (κ3) is 4.28. The lowest BCUT2D eigenvalue weighted by Gasteiger charge is -2.42. The highest BCUT2D eigenvalue weighted by atomic mass is 19.4. The second-order valence-corrected chi connectivity index (χ2v) is 8.84. The Hall–Kier alpha value is -3.91. The van der Waals surface area contributed by atoms with Crippen LogP contribution in [-0.4, -0.2) is 36.0 Å². The lowest BCUT2D eigenvalue weighted by atomic mass is 9.82. The van der Waals surface area contributed by atoms with E-state index < -0.39 is 17.3 Å². The molecule has 1 N–H and O–H groups in total. The van der Waals surface area contributed by atoms with Crippen molar-refractivity contribution < 1.29 is 22.7 Å². The van der Waals surface area contributed by atoms with E-state index in [1.165, 1.54) is 6.07 Å². The SMILES string of the molecule is Cc1cccc2c(Nc3cccc(C(F)(F)F)c3)ncc(C3(c4ccccc4)CN(C=O)CCO3)c12. The Balaban J connectivity index is 1.68. The zero-order valence-electron chi connectivity index (χ0n) is 19.5. The van der Waals surface area contributed by atoms with Crippen LogP contribution in [0.2, 0.25) is 0 Å². The summed E-state index contributed by atoms with van der Waals surface area (Å²) in [5.41, 5.74) is 1.24. The molecule has 1 unspecified atom stereocenters. The van der Waals surface area contributed by atoms with E-state index in [2.05, 4.69) is 10.3 Å². The molecule has 0 radical (unpaired) electrons. The molecule has 1 amide bonds. The number of aryl methyl sites for hydroxylation is 1. The number of benzene rings is 3. The predicted octanol–water partition coefficient (Wildman–Crippen LogP) is 6.04. The van der Waals surface area contributed by atoms with E-state index in [4.69, 9.17) is 4.74 Å². The summed E-state index contributed by atoms with van der Waals surface area (Å²) in [7, 11) is 0. The number of alkyl halides is 3. The van der Waals surface area contributed by atoms with Crippen LogP contribution in [0.3, 0.4) is 0 Å². The predicted molar refractivity (Wildman–Crippen MR) is 132 cm³/mol. The van der Waals surface area contributed by atoms with E-state index in [-0.39, 0.29) is 5.69 Å². The molecule has 1 aliphatic rings. The van der Waals surface area contributed by atoms with Crippen molar-refractivity contribution in [3.05, 3.63) is 101 Å². The van der Waals surface area contributed by atoms with E-state index in [1.54, 1.807) is 17.2 Å². The highest BCUT2D eigenvalue weighted by Gasteiger charge is 2.42. The fourth-order valence-electron chi connectivity index (χ4n) is 4.84. The first-order valence-electron chi connectivity index (χ1n) is 11.5. The number of nitrogens with zero attached hydrogens (tertiary/aromatic N) is 2. The van der Waals surface area contributed by atoms with Crippen LogP contribution in [0.25, 0.3) is 10.8 Å². The zero-order chi connectivity index (χ0) is 25.3. The maximum Gasteiger partial charge on any atom is 0.416 e. The number of fused-ring (bicyclic) bond motifs is 1. The van der Waals surface area contributed by atoms with E-state index in [1.807, 2.05) is 55.5 Å². The molecule has 0 bridgehead atoms. The van der Waals surface area contributed by atoms with Gasteiger partial charge >= 0.3 is 6.18 Å². The summed E-state index contributed by atoms with van der Waals surface area (Å²) >= 11 is 0. The Morgan fingerprint density at radius 2 is 1.83 bits per heavy atom. The summed E-state index contributed by atoms with van der Waals surface area (Å²) in [6, 6.07) is 20.5. The average molecular weight is 492 g/mol. The van der Waals surface area contributed by atoms with Crippen LogP contribution in [0, 0.1) is 6.92 Å². The van der Waals surface area contributed by atoms with Gasteiger partial charge in [0.15, 0.2) is 0 Å². The van der Waals surface area contributed by atoms with Crippen LogP contribution in [-0.2, 0) is 21.3 Å². The first kappa shape index (κ1) is 23.8. The summed E-state index contributed by atoms with van der Waals surface area (Å²) in [6.07, 6.45) is -1.92. The Morgan fingerprint density at radius 3 is 2.58 bits per heavy atom. The van der Waals surface area contributed by atoms with Gasteiger partial charge in [-0.1, -0.05) is 54.6 Å². The molecule has 5 rings (SSSR count). The number of pyridine rings is 1. The van der Waals surface area contributed by atoms with Crippen molar-refractivity contribution in [1.29, 1.82) is 0 Å². The minimum Gasteiger partial charge on any atom is -0.362 e. The second-order valence-electron chi connectivity index (χ2n) is 8.84. The normalized spacial score (nSPS) is 18.3. The van der Waals surface area contributed by atoms with Gasteiger partial charge in [-0.2, -0.15) is 13.2 Å². The highest BCUT2D eigenvalue weighted by molar-refractivity contribution is 5.98. The molecule has 1 fully saturated rings. The smallest absolute Gasteiger partial charge is 0.362 e. The average Bonchev–Trinajstić information content (AvgIpc) is 2.89. The third-order valence-corrected chi connectivity index (χ3v) is 6.55. The van der Waals surface area contributed by atoms with Gasteiger partial charge in [-0.3, -0.25) is 4.79 Å². The van der Waals surface area contributed by atoms with E-state index in [0.717, 1.165) is 46.0 Å². The van der Waals surface area contributed by atoms with Gasteiger partial charge in [0.1, 0.15) is 11.4 Å². The first-order valence-corrected chi connectivity index (χ1v) is 11.5. The molecule has 5 nitrogen and oxygen atoms in total. The highest BCUT2D eigenvalue weighted by Crippen LogP contribution is 2.42. The molecule has 8 heteroatoms. The van der Waals surface area contributed by atoms with Crippen LogP contribution >= 0.6 is 0 Å². The fourth-order valence-corrected chi connectivity index (χ4v) is 4.84. The number of hydrogen-bond donors (Lipinski definition) is 1. The van der Waals surface area contributed by atoms with Gasteiger partial charge in [0, 0.05) is 29.4 Å². The molecule has 184 valence electrons. The van der Waals surface area contributed by atoms with Gasteiger partial charge in [0.25, 0.3) is 0 Å². The van der Waals surface area contributed by atoms with Crippen molar-refractivity contribution in [3.63, 3.8) is 0 Å². The minimum atomic E-state index is -4.45. The Labute approximate surface area is 206 Å². The number of ether oxygens (including phenoxy) is 1. The number of halogens is 3. The van der Waals surface area contributed by atoms with Gasteiger partial charge in [-0.25, -0.2) is 4.98 Å². The lowest BCUT2D eigenvalue weighted by Crippen LogP contribution is -2.50. The second kappa shape index (κ2) is 9.28. The van der Waals surface area contributed by atoms with Gasteiger partial charge in [0.2, 0.25) is 6.41 Å². The largest absolute Gasteiger partial charge is 0.416 e. The number of amides is 1. The van der Waals surface area contributed by atoms with Crippen molar-refractivity contribution >= 4 is 28.7 Å². The molecule has 0 saturated carbocycles. The molecule has 3 aromatic carbocycles. The molecule has 2 heterocycles. The third-order valence-electron chi connectivity index (χ3n) is 6.55. The number of aromatic nitrogens is 1. The standard InChI is InChI=1S/C28H24F3N3O2/c1-19-7-5-12-23-25(19)24(16-32-26(23)33-22-11-6-10-21(15-22)28(29,30)31)27(20-8-3-2-4-9-20)17-34(18-35)13-14-36-27/h2-12,15-16,18H,13-14,17H2,1H3,(H,32,33). The molecule has 36 heavy (non-hydrogen) atoms. The quantitative estimate of drug-likeness (QED) is 0.346. The molecule has 4 aromatic rings. The van der Waals surface area contributed by atoms with Crippen LogP contribution in [0.5, 0.6) is 0 Å². The van der Waals surface area contributed by atoms with Gasteiger partial charge in [0.05, 0.1) is 18.7 Å². The Kier molecular flexibility index (Phi) is 6.14. The Morgan fingerprint density at radius 1 is 1.06 bits per heavy atom. The van der Waals surface area contributed by atoms with Crippen molar-refractivity contribution in [2.75, 3.05) is 25.0 Å². The van der Waals surface area contributed by atoms with Crippen LogP contribution < -0.4 is 5.32 Å². The van der Waals surface area contributed by atoms with Crippen molar-refractivity contribution in [2.24, 2.45) is 0 Å². The molecule has 0 spiro atoms. The monoisotopic (exact) mass is 491 g/mol. The van der Waals surface area contributed by atoms with E-state index >= 15 is 0 Å². The van der Waals surface area contributed by atoms with Crippen LogP contribution in [0.1, 0.15) is 22.3 Å². The number of carbonyl (C=O) groups excluding carboxylic acids is 1. The fraction of sp³-hybridized carbons (Fsp3) is 0.214. The topological polar surface area (TPSA) is 54.5 Å². The molecular weight excluding hydrogens is 467 g/mol. The molecule has 1 saturated heterocycles. The van der Waals surface area contributed by atoms with Crippen LogP contribution in [0.15, 0.2) is 79.0 Å². The number of hydrogen-bond acceptors (Lipinski definition) is 4. The number of nitrogens with one attached hydrogen (secondary N) is 1. The van der Waals surface area contributed by atoms with Crippen LogP contribution in [0.4, 0.5) is 24.7 Å². The number of anilines is 2. The van der Waals surface area contributed by atoms with E-state index in [9.17, 15) is 18.0 Å². The van der Waals surface area contributed by atoms with Crippen molar-refractivity contribution in [3.8, 4) is 0 Å². The maximum atomic E-state index is 13.2. The number of carbonyl (C=O) groups is 1. The number of morpholine rings is 1. The van der Waals surface area contributed by atoms with Crippen molar-refractivity contribution in [1.82, 2.24) is 9.88 Å². The lowest BCUT2D eigenvalue weighted by molar-refractivity contribution is -0.137. The summed E-state index contributed by atoms with van der Waals surface area (Å²) in [5.74, 6) is 0.433. The van der Waals surface area contributed by atoms with Gasteiger partial charge in [-0.15, -0.1) is 0 Å². The van der Waals surface area contributed by atoms with Gasteiger partial charge in [-0.05, 0) is 41.6 Å². The van der Waals surface area contributed by atoms with Crippen molar-refractivity contribution in [2.45, 2.75) is 18.7 Å². The number of rotatable bonds is 5. The molecular formula is C28H24F3N3O2. The summed E-state index contributed by atoms with van der Waals surface area (Å²) < 4.78 is 46.2. The van der Waals surface area contributed by atoms with Gasteiger partial charge < -0.3 is 15.0 Å². The summed E-state index contributed by atoms with van der Waals surface area (Å²) in [5, 5.41) is 4.69. The minimum absolute atomic E-state index is 0.284. The first-order chi connectivity index (χ1) is 17.3. The molecule has 1 aliphatic heterocycles. The Bertz CT molecular complexity index is 1410. The zero-order valence-corrected chi connectivity index (χ0v) is 19.5.